The van der Waals surface area contributed by atoms with Crippen molar-refractivity contribution in [3.63, 3.8) is 0 Å². The summed E-state index contributed by atoms with van der Waals surface area (Å²) in [5.74, 6) is -10.8. The molecule has 0 rings (SSSR count). The Hall–Kier alpha value is -2.42. The van der Waals surface area contributed by atoms with Crippen LogP contribution >= 0.6 is 0 Å². The maximum absolute atomic E-state index is 8.89. The molecule has 59 heavy (non-hydrogen) atoms. The topological polar surface area (TPSA) is 529 Å². The Bertz CT molecular complexity index is 660. The minimum absolute atomic E-state index is 0. The average Bonchev–Trinajstić information content (AvgIpc) is 2.86. The van der Waals surface area contributed by atoms with E-state index in [4.69, 9.17) is 122 Å². The van der Waals surface area contributed by atoms with Crippen molar-refractivity contribution in [2.75, 3.05) is 52.4 Å². The van der Waals surface area contributed by atoms with Crippen LogP contribution in [0.25, 0.3) is 0 Å². The molecule has 0 aliphatic carbocycles. The van der Waals surface area contributed by atoms with Crippen LogP contribution in [-0.4, -0.2) is 112 Å². The second kappa shape index (κ2) is 117. The van der Waals surface area contributed by atoms with Crippen LogP contribution in [0.15, 0.2) is 0 Å². The van der Waals surface area contributed by atoms with Crippen molar-refractivity contribution in [2.24, 2.45) is 22.9 Å². The van der Waals surface area contributed by atoms with Gasteiger partial charge in [0.15, 0.2) is 0 Å². The molecule has 0 unspecified atom stereocenters. The second-order valence-corrected chi connectivity index (χ2v) is 7.57. The first-order valence-corrected chi connectivity index (χ1v) is 14.1. The Morgan fingerprint density at radius 1 is 0.271 bits per heavy atom. The molecule has 0 bridgehead atoms. The summed E-state index contributed by atoms with van der Waals surface area (Å²) in [5, 5.41) is 95.0. The van der Waals surface area contributed by atoms with Gasteiger partial charge in [0.25, 0.3) is 0 Å². The number of rotatable bonds is 8. The molecule has 0 saturated carbocycles. The summed E-state index contributed by atoms with van der Waals surface area (Å²) in [7, 11) is 0. The summed E-state index contributed by atoms with van der Waals surface area (Å²) in [6, 6.07) is 0. The number of carbonyl (C=O) groups is 10. The SMILES string of the molecule is CC(=O)[O-].CC(=O)[O-].CC(=O)[O-].CC(=O)[O-].CC(=O)[O-].CC(=O)[O-].CC(=O)[O-].CC(=O)[O-].CC(=O)[O-].CC(=O)[O-].NCCNCCN.NCCNCCN.[Zn+2].[Zn+2].[Zn+2].[Zn+2].[Zn+2]. The van der Waals surface area contributed by atoms with Crippen molar-refractivity contribution >= 4 is 59.7 Å². The van der Waals surface area contributed by atoms with Gasteiger partial charge in [0.2, 0.25) is 0 Å². The Labute approximate surface area is 408 Å². The molecule has 10 N–H and O–H groups in total. The van der Waals surface area contributed by atoms with Crippen molar-refractivity contribution in [3.8, 4) is 0 Å². The summed E-state index contributed by atoms with van der Waals surface area (Å²) in [6.45, 7) is 16.0. The molecule has 328 valence electrons. The first kappa shape index (κ1) is 112. The first-order valence-electron chi connectivity index (χ1n) is 14.1. The van der Waals surface area contributed by atoms with E-state index in [1.807, 2.05) is 0 Å². The van der Waals surface area contributed by atoms with E-state index in [9.17, 15) is 0 Å². The van der Waals surface area contributed by atoms with E-state index in [1.165, 1.54) is 0 Å². The van der Waals surface area contributed by atoms with Gasteiger partial charge in [-0.1, -0.05) is 0 Å². The van der Waals surface area contributed by atoms with Gasteiger partial charge in [0.05, 0.1) is 0 Å². The van der Waals surface area contributed by atoms with Crippen LogP contribution in [0.3, 0.4) is 0 Å². The normalized spacial score (nSPS) is 6.47. The third-order valence-electron chi connectivity index (χ3n) is 1.28. The van der Waals surface area contributed by atoms with Crippen molar-refractivity contribution in [2.45, 2.75) is 69.2 Å². The minimum atomic E-state index is -1.08. The van der Waals surface area contributed by atoms with Gasteiger partial charge in [0.1, 0.15) is 0 Å². The molecule has 0 spiro atoms. The molecule has 0 aromatic heterocycles. The minimum Gasteiger partial charge on any atom is -0.550 e. The number of nitrogens with two attached hydrogens (primary N) is 4. The van der Waals surface area contributed by atoms with Crippen LogP contribution in [0.1, 0.15) is 69.2 Å². The molecular weight excluding hydrogens is 1070 g/mol. The Balaban J connectivity index is -0.0000000217. The quantitative estimate of drug-likeness (QED) is 0.0971. The Morgan fingerprint density at radius 3 is 0.356 bits per heavy atom. The maximum atomic E-state index is 8.89. The van der Waals surface area contributed by atoms with Crippen LogP contribution < -0.4 is 84.6 Å². The molecule has 0 aromatic rings. The smallest absolute Gasteiger partial charge is 0.550 e. The van der Waals surface area contributed by atoms with Crippen molar-refractivity contribution in [1.82, 2.24) is 10.6 Å². The zero-order valence-electron chi connectivity index (χ0n) is 35.7. The van der Waals surface area contributed by atoms with Crippen molar-refractivity contribution in [1.29, 1.82) is 0 Å². The molecule has 31 heteroatoms. The molecule has 0 aliphatic rings. The Morgan fingerprint density at radius 2 is 0.322 bits per heavy atom. The number of carbonyl (C=O) groups excluding carboxylic acids is 10. The number of aliphatic carboxylic acids is 10. The van der Waals surface area contributed by atoms with Gasteiger partial charge in [-0.2, -0.15) is 0 Å². The molecule has 0 heterocycles. The molecule has 26 nitrogen and oxygen atoms in total. The second-order valence-electron chi connectivity index (χ2n) is 7.57. The summed E-state index contributed by atoms with van der Waals surface area (Å²) < 4.78 is 0. The molecule has 0 aromatic carbocycles. The monoisotopic (exact) mass is 1120 g/mol. The molecule has 0 aliphatic heterocycles. The first-order chi connectivity index (χ1) is 24.1. The van der Waals surface area contributed by atoms with Crippen LogP contribution in [0.2, 0.25) is 0 Å². The van der Waals surface area contributed by atoms with Crippen LogP contribution in [0.4, 0.5) is 0 Å². The van der Waals surface area contributed by atoms with E-state index in [2.05, 4.69) is 10.6 Å². The standard InChI is InChI=1S/2C4H13N3.10C2H4O2.5Zn/c2*5-1-3-7-4-2-6;10*1-2(3)4;;;;;/h2*7H,1-6H2;10*1H3,(H,3,4);;;;;/q;;;;;;;;;;;;5*+2/p-10. The fourth-order valence-corrected chi connectivity index (χ4v) is 0.658. The molecule has 0 radical (unpaired) electrons. The van der Waals surface area contributed by atoms with E-state index in [0.29, 0.717) is 26.2 Å². The van der Waals surface area contributed by atoms with Gasteiger partial charge in [-0.15, -0.1) is 0 Å². The Kier molecular flexibility index (Phi) is 222. The number of carboxylic acids is 10. The third kappa shape index (κ3) is 5130. The fourth-order valence-electron chi connectivity index (χ4n) is 0.658. The number of carboxylic acid groups (broad SMARTS) is 10. The third-order valence-corrected chi connectivity index (χ3v) is 1.28. The summed E-state index contributed by atoms with van der Waals surface area (Å²) >= 11 is 0. The largest absolute Gasteiger partial charge is 2.00 e. The molecule has 0 amide bonds. The van der Waals surface area contributed by atoms with Gasteiger partial charge in [0, 0.05) is 112 Å². The van der Waals surface area contributed by atoms with Gasteiger partial charge >= 0.3 is 97.4 Å². The van der Waals surface area contributed by atoms with E-state index in [0.717, 1.165) is 95.4 Å². The molecular formula is C28H56N6O20Zn5. The summed E-state index contributed by atoms with van der Waals surface area (Å²) in [4.78, 5) is 88.9. The average molecular weight is 1120 g/mol. The van der Waals surface area contributed by atoms with E-state index in [-0.39, 0.29) is 97.4 Å². The van der Waals surface area contributed by atoms with Crippen molar-refractivity contribution < 1.29 is 196 Å². The van der Waals surface area contributed by atoms with Crippen molar-refractivity contribution in [3.05, 3.63) is 0 Å². The number of hydrogen-bond donors (Lipinski definition) is 6. The molecule has 0 atom stereocenters. The summed E-state index contributed by atoms with van der Waals surface area (Å²) in [6.07, 6.45) is 0. The van der Waals surface area contributed by atoms with Gasteiger partial charge in [-0.25, -0.2) is 0 Å². The summed E-state index contributed by atoms with van der Waals surface area (Å²) in [5.41, 5.74) is 20.7. The van der Waals surface area contributed by atoms with Crippen LogP contribution in [0.5, 0.6) is 0 Å². The van der Waals surface area contributed by atoms with E-state index in [1.54, 1.807) is 0 Å². The fraction of sp³-hybridized carbons (Fsp3) is 0.643. The molecule has 0 fully saturated rings. The molecule has 0 saturated heterocycles. The number of nitrogens with one attached hydrogen (secondary N) is 2. The van der Waals surface area contributed by atoms with Gasteiger partial charge < -0.3 is 133 Å². The van der Waals surface area contributed by atoms with Crippen LogP contribution in [0, 0.1) is 0 Å². The number of hydrogen-bond acceptors (Lipinski definition) is 26. The zero-order valence-corrected chi connectivity index (χ0v) is 50.5. The predicted molar refractivity (Wildman–Crippen MR) is 169 cm³/mol. The van der Waals surface area contributed by atoms with Gasteiger partial charge in [-0.3, -0.25) is 0 Å². The maximum Gasteiger partial charge on any atom is 2.00 e. The zero-order chi connectivity index (χ0) is 46.8. The predicted octanol–water partition coefficient (Wildman–Crippen LogP) is -15.5. The van der Waals surface area contributed by atoms with E-state index >= 15 is 0 Å². The van der Waals surface area contributed by atoms with Crippen LogP contribution in [-0.2, 0) is 145 Å². The van der Waals surface area contributed by atoms with Gasteiger partial charge in [-0.05, 0) is 69.2 Å². The van der Waals surface area contributed by atoms with E-state index < -0.39 is 59.7 Å².